The molecule has 2 amide bonds. The van der Waals surface area contributed by atoms with E-state index in [2.05, 4.69) is 15.5 Å². The van der Waals surface area contributed by atoms with Gasteiger partial charge >= 0.3 is 12.2 Å². The lowest BCUT2D eigenvalue weighted by atomic mass is 9.83. The number of piperidine rings is 1. The summed E-state index contributed by atoms with van der Waals surface area (Å²) < 4.78 is 53.1. The summed E-state index contributed by atoms with van der Waals surface area (Å²) in [5, 5.41) is 21.1. The minimum Gasteiger partial charge on any atom is -0.385 e. The van der Waals surface area contributed by atoms with Crippen molar-refractivity contribution in [2.45, 2.75) is 24.6 Å². The van der Waals surface area contributed by atoms with Gasteiger partial charge in [-0.15, -0.1) is 0 Å². The largest absolute Gasteiger partial charge is 0.416 e. The predicted octanol–water partition coefficient (Wildman–Crippen LogP) is 4.24. The fourth-order valence-electron chi connectivity index (χ4n) is 3.65. The number of nitrogens with zero attached hydrogens (tertiary/aromatic N) is 2. The zero-order valence-electron chi connectivity index (χ0n) is 15.6. The van der Waals surface area contributed by atoms with Crippen LogP contribution in [0.4, 0.5) is 28.2 Å². The van der Waals surface area contributed by atoms with E-state index >= 15 is 0 Å². The first kappa shape index (κ1) is 20.1. The van der Waals surface area contributed by atoms with Crippen molar-refractivity contribution in [3.05, 3.63) is 59.4 Å². The third kappa shape index (κ3) is 3.70. The number of likely N-dealkylation sites (tertiary alicyclic amines) is 1. The van der Waals surface area contributed by atoms with Gasteiger partial charge in [-0.2, -0.15) is 18.3 Å². The lowest BCUT2D eigenvalue weighted by molar-refractivity contribution is -0.137. The number of aromatic nitrogens is 2. The SMILES string of the molecule is O=C(Nc1n[nH]c2ccccc12)N1CCC(O)(c2cc(C(F)(F)F)ccc2F)CC1. The number of rotatable bonds is 2. The number of fused-ring (bicyclic) bond motifs is 1. The normalized spacial score (nSPS) is 16.6. The van der Waals surface area contributed by atoms with Crippen LogP contribution in [0.3, 0.4) is 0 Å². The molecular weight excluding hydrogens is 404 g/mol. The molecule has 0 aliphatic carbocycles. The summed E-state index contributed by atoms with van der Waals surface area (Å²) in [7, 11) is 0. The average molecular weight is 422 g/mol. The number of anilines is 1. The summed E-state index contributed by atoms with van der Waals surface area (Å²) in [4.78, 5) is 14.0. The number of aliphatic hydroxyl groups is 1. The van der Waals surface area contributed by atoms with Gasteiger partial charge in [0.1, 0.15) is 5.82 Å². The number of alkyl halides is 3. The maximum absolute atomic E-state index is 14.2. The van der Waals surface area contributed by atoms with Gasteiger partial charge in [0.05, 0.1) is 16.7 Å². The van der Waals surface area contributed by atoms with E-state index in [4.69, 9.17) is 0 Å². The summed E-state index contributed by atoms with van der Waals surface area (Å²) in [5.74, 6) is -0.563. The molecule has 6 nitrogen and oxygen atoms in total. The quantitative estimate of drug-likeness (QED) is 0.541. The second-order valence-electron chi connectivity index (χ2n) is 7.26. The Kier molecular flexibility index (Phi) is 4.89. The molecule has 1 saturated heterocycles. The number of carbonyl (C=O) groups excluding carboxylic acids is 1. The molecule has 10 heteroatoms. The Morgan fingerprint density at radius 3 is 2.57 bits per heavy atom. The summed E-state index contributed by atoms with van der Waals surface area (Å²) in [6.07, 6.45) is -4.84. The average Bonchev–Trinajstić information content (AvgIpc) is 3.11. The lowest BCUT2D eigenvalue weighted by Gasteiger charge is -2.38. The van der Waals surface area contributed by atoms with Gasteiger partial charge in [0.25, 0.3) is 0 Å². The van der Waals surface area contributed by atoms with Crippen molar-refractivity contribution in [3.63, 3.8) is 0 Å². The standard InChI is InChI=1S/C20H18F4N4O2/c21-15-6-5-12(20(22,23)24)11-14(15)19(30)7-9-28(10-8-19)18(29)25-17-13-3-1-2-4-16(13)26-27-17/h1-6,11,30H,7-10H2,(H2,25,26,27,29). The molecule has 0 atom stereocenters. The van der Waals surface area contributed by atoms with Crippen molar-refractivity contribution in [3.8, 4) is 0 Å². The number of H-pyrrole nitrogens is 1. The van der Waals surface area contributed by atoms with Crippen molar-refractivity contribution < 1.29 is 27.5 Å². The number of nitrogens with one attached hydrogen (secondary N) is 2. The molecule has 0 bridgehead atoms. The van der Waals surface area contributed by atoms with Gasteiger partial charge < -0.3 is 10.0 Å². The van der Waals surface area contributed by atoms with Gasteiger partial charge in [-0.25, -0.2) is 9.18 Å². The molecule has 3 N–H and O–H groups in total. The van der Waals surface area contributed by atoms with E-state index < -0.39 is 34.8 Å². The first-order valence-corrected chi connectivity index (χ1v) is 9.26. The topological polar surface area (TPSA) is 81.2 Å². The van der Waals surface area contributed by atoms with Crippen molar-refractivity contribution >= 4 is 22.8 Å². The second kappa shape index (κ2) is 7.28. The maximum atomic E-state index is 14.2. The van der Waals surface area contributed by atoms with E-state index in [0.717, 1.165) is 10.9 Å². The molecular formula is C20H18F4N4O2. The van der Waals surface area contributed by atoms with Crippen LogP contribution in [-0.2, 0) is 11.8 Å². The van der Waals surface area contributed by atoms with Crippen molar-refractivity contribution in [2.24, 2.45) is 0 Å². The molecule has 158 valence electrons. The minimum absolute atomic E-state index is 0.0420. The first-order chi connectivity index (χ1) is 14.2. The molecule has 30 heavy (non-hydrogen) atoms. The Morgan fingerprint density at radius 1 is 1.17 bits per heavy atom. The first-order valence-electron chi connectivity index (χ1n) is 9.26. The number of aromatic amines is 1. The number of hydrogen-bond acceptors (Lipinski definition) is 3. The number of halogens is 4. The van der Waals surface area contributed by atoms with E-state index in [0.29, 0.717) is 24.0 Å². The number of amides is 2. The van der Waals surface area contributed by atoms with Gasteiger partial charge in [-0.3, -0.25) is 10.4 Å². The Labute approximate surface area is 168 Å². The molecule has 2 heterocycles. The van der Waals surface area contributed by atoms with Crippen LogP contribution >= 0.6 is 0 Å². The van der Waals surface area contributed by atoms with Crippen molar-refractivity contribution in [2.75, 3.05) is 18.4 Å². The van der Waals surface area contributed by atoms with Crippen LogP contribution in [0.2, 0.25) is 0 Å². The van der Waals surface area contributed by atoms with Crippen LogP contribution in [0.1, 0.15) is 24.0 Å². The number of benzene rings is 2. The van der Waals surface area contributed by atoms with E-state index in [-0.39, 0.29) is 25.9 Å². The van der Waals surface area contributed by atoms with Crippen LogP contribution in [0.5, 0.6) is 0 Å². The number of carbonyl (C=O) groups is 1. The minimum atomic E-state index is -4.65. The molecule has 0 saturated carbocycles. The zero-order chi connectivity index (χ0) is 21.5. The summed E-state index contributed by atoms with van der Waals surface area (Å²) in [6.45, 7) is 0.0841. The molecule has 0 unspecified atom stereocenters. The number of urea groups is 1. The highest BCUT2D eigenvalue weighted by Crippen LogP contribution is 2.38. The van der Waals surface area contributed by atoms with Crippen LogP contribution in [0.15, 0.2) is 42.5 Å². The Morgan fingerprint density at radius 2 is 1.87 bits per heavy atom. The highest BCUT2D eigenvalue weighted by Gasteiger charge is 2.40. The fourth-order valence-corrected chi connectivity index (χ4v) is 3.65. The highest BCUT2D eigenvalue weighted by molar-refractivity contribution is 5.98. The monoisotopic (exact) mass is 422 g/mol. The van der Waals surface area contributed by atoms with E-state index in [1.165, 1.54) is 4.90 Å². The van der Waals surface area contributed by atoms with Gasteiger partial charge in [-0.1, -0.05) is 12.1 Å². The molecule has 1 aromatic heterocycles. The molecule has 3 aromatic rings. The van der Waals surface area contributed by atoms with Gasteiger partial charge in [0.2, 0.25) is 0 Å². The summed E-state index contributed by atoms with van der Waals surface area (Å²) in [6, 6.07) is 8.75. The lowest BCUT2D eigenvalue weighted by Crippen LogP contribution is -2.47. The van der Waals surface area contributed by atoms with Gasteiger partial charge in [-0.05, 0) is 43.2 Å². The van der Waals surface area contributed by atoms with Gasteiger partial charge in [0, 0.05) is 24.0 Å². The Bertz CT molecular complexity index is 1090. The molecule has 1 fully saturated rings. The van der Waals surface area contributed by atoms with E-state index in [9.17, 15) is 27.5 Å². The summed E-state index contributed by atoms with van der Waals surface area (Å²) >= 11 is 0. The smallest absolute Gasteiger partial charge is 0.385 e. The fraction of sp³-hybridized carbons (Fsp3) is 0.300. The van der Waals surface area contributed by atoms with E-state index in [1.807, 2.05) is 12.1 Å². The molecule has 1 aliphatic heterocycles. The predicted molar refractivity (Wildman–Crippen MR) is 101 cm³/mol. The van der Waals surface area contributed by atoms with Crippen molar-refractivity contribution in [1.29, 1.82) is 0 Å². The third-order valence-corrected chi connectivity index (χ3v) is 5.37. The van der Waals surface area contributed by atoms with Gasteiger partial charge in [0.15, 0.2) is 5.82 Å². The molecule has 0 spiro atoms. The zero-order valence-corrected chi connectivity index (χ0v) is 15.6. The highest BCUT2D eigenvalue weighted by atomic mass is 19.4. The van der Waals surface area contributed by atoms with E-state index in [1.54, 1.807) is 12.1 Å². The van der Waals surface area contributed by atoms with Crippen LogP contribution in [0.25, 0.3) is 10.9 Å². The molecule has 2 aromatic carbocycles. The van der Waals surface area contributed by atoms with Crippen LogP contribution < -0.4 is 5.32 Å². The molecule has 0 radical (unpaired) electrons. The van der Waals surface area contributed by atoms with Crippen LogP contribution in [0, 0.1) is 5.82 Å². The molecule has 4 rings (SSSR count). The Balaban J connectivity index is 1.47. The van der Waals surface area contributed by atoms with Crippen LogP contribution in [-0.4, -0.2) is 39.3 Å². The van der Waals surface area contributed by atoms with Crippen molar-refractivity contribution in [1.82, 2.24) is 15.1 Å². The maximum Gasteiger partial charge on any atom is 0.416 e. The second-order valence-corrected chi connectivity index (χ2v) is 7.26. The summed E-state index contributed by atoms with van der Waals surface area (Å²) in [5.41, 5.74) is -2.48. The number of para-hydroxylation sites is 1. The third-order valence-electron chi connectivity index (χ3n) is 5.37. The number of hydrogen-bond donors (Lipinski definition) is 3. The molecule has 1 aliphatic rings. The Hall–Kier alpha value is -3.14.